The standard InChI is InChI=1S/C16H19F2N3O3/c1-9-13(19-6-8-24-9)15(22)20-12-5-7-21(16(12)23)14-10(17)3-2-4-11(14)18/h2-4,9,12-13,19H,5-8H2,1H3,(H,20,22)/t9-,12?,13+/m1/s1. The highest BCUT2D eigenvalue weighted by atomic mass is 19.1. The Morgan fingerprint density at radius 1 is 1.38 bits per heavy atom. The molecule has 1 unspecified atom stereocenters. The summed E-state index contributed by atoms with van der Waals surface area (Å²) in [6, 6.07) is 2.09. The van der Waals surface area contributed by atoms with Crippen LogP contribution in [0.3, 0.4) is 0 Å². The molecule has 3 atom stereocenters. The van der Waals surface area contributed by atoms with Crippen LogP contribution in [0.4, 0.5) is 14.5 Å². The third-order valence-electron chi connectivity index (χ3n) is 4.33. The summed E-state index contributed by atoms with van der Waals surface area (Å²) in [5.41, 5.74) is -0.369. The van der Waals surface area contributed by atoms with Gasteiger partial charge in [-0.15, -0.1) is 0 Å². The van der Waals surface area contributed by atoms with E-state index in [0.717, 1.165) is 17.0 Å². The molecule has 0 aliphatic carbocycles. The Labute approximate surface area is 138 Å². The summed E-state index contributed by atoms with van der Waals surface area (Å²) in [5.74, 6) is -2.47. The van der Waals surface area contributed by atoms with Crippen LogP contribution in [0.15, 0.2) is 18.2 Å². The Balaban J connectivity index is 1.69. The molecule has 3 rings (SSSR count). The van der Waals surface area contributed by atoms with Crippen molar-refractivity contribution in [1.29, 1.82) is 0 Å². The first-order valence-corrected chi connectivity index (χ1v) is 7.90. The van der Waals surface area contributed by atoms with Gasteiger partial charge in [-0.3, -0.25) is 9.59 Å². The molecule has 2 amide bonds. The molecule has 24 heavy (non-hydrogen) atoms. The number of hydrogen-bond acceptors (Lipinski definition) is 4. The van der Waals surface area contributed by atoms with Gasteiger partial charge in [0, 0.05) is 13.1 Å². The monoisotopic (exact) mass is 339 g/mol. The second kappa shape index (κ2) is 6.82. The third kappa shape index (κ3) is 3.11. The summed E-state index contributed by atoms with van der Waals surface area (Å²) >= 11 is 0. The van der Waals surface area contributed by atoms with Gasteiger partial charge >= 0.3 is 0 Å². The summed E-state index contributed by atoms with van der Waals surface area (Å²) in [6.45, 7) is 2.99. The number of anilines is 1. The maximum atomic E-state index is 13.9. The first-order chi connectivity index (χ1) is 11.5. The van der Waals surface area contributed by atoms with Crippen LogP contribution in [0.25, 0.3) is 0 Å². The zero-order valence-electron chi connectivity index (χ0n) is 13.2. The minimum absolute atomic E-state index is 0.145. The lowest BCUT2D eigenvalue weighted by molar-refractivity contribution is -0.132. The minimum Gasteiger partial charge on any atom is -0.375 e. The van der Waals surface area contributed by atoms with E-state index in [0.29, 0.717) is 19.6 Å². The Morgan fingerprint density at radius 3 is 2.75 bits per heavy atom. The molecule has 0 saturated carbocycles. The molecule has 0 spiro atoms. The molecule has 0 bridgehead atoms. The van der Waals surface area contributed by atoms with Crippen molar-refractivity contribution in [2.75, 3.05) is 24.6 Å². The van der Waals surface area contributed by atoms with Gasteiger partial charge in [0.1, 0.15) is 29.4 Å². The molecular weight excluding hydrogens is 320 g/mol. The number of rotatable bonds is 3. The molecule has 1 aromatic carbocycles. The molecule has 2 saturated heterocycles. The number of nitrogens with one attached hydrogen (secondary N) is 2. The second-order valence-corrected chi connectivity index (χ2v) is 5.92. The van der Waals surface area contributed by atoms with Crippen molar-refractivity contribution in [3.63, 3.8) is 0 Å². The SMILES string of the molecule is C[C@H]1OCCN[C@@H]1C(=O)NC1CCN(c2c(F)cccc2F)C1=O. The number of hydrogen-bond donors (Lipinski definition) is 2. The van der Waals surface area contributed by atoms with Crippen molar-refractivity contribution in [2.24, 2.45) is 0 Å². The summed E-state index contributed by atoms with van der Waals surface area (Å²) < 4.78 is 33.1. The average Bonchev–Trinajstić information content (AvgIpc) is 2.89. The van der Waals surface area contributed by atoms with Crippen LogP contribution in [0, 0.1) is 11.6 Å². The van der Waals surface area contributed by atoms with Gasteiger partial charge in [0.05, 0.1) is 12.7 Å². The first-order valence-electron chi connectivity index (χ1n) is 7.90. The smallest absolute Gasteiger partial charge is 0.249 e. The number of amides is 2. The van der Waals surface area contributed by atoms with Crippen LogP contribution in [0.1, 0.15) is 13.3 Å². The van der Waals surface area contributed by atoms with Crippen LogP contribution >= 0.6 is 0 Å². The molecule has 8 heteroatoms. The Morgan fingerprint density at radius 2 is 2.08 bits per heavy atom. The van der Waals surface area contributed by atoms with E-state index in [1.807, 2.05) is 0 Å². The molecule has 130 valence electrons. The molecule has 0 aromatic heterocycles. The van der Waals surface area contributed by atoms with Crippen molar-refractivity contribution in [3.8, 4) is 0 Å². The molecule has 2 aliphatic heterocycles. The summed E-state index contributed by atoms with van der Waals surface area (Å²) in [5, 5.41) is 5.69. The molecule has 2 N–H and O–H groups in total. The van der Waals surface area contributed by atoms with Crippen molar-refractivity contribution in [3.05, 3.63) is 29.8 Å². The van der Waals surface area contributed by atoms with Crippen LogP contribution < -0.4 is 15.5 Å². The van der Waals surface area contributed by atoms with Crippen LogP contribution in [0.5, 0.6) is 0 Å². The molecule has 2 fully saturated rings. The fraction of sp³-hybridized carbons (Fsp3) is 0.500. The quantitative estimate of drug-likeness (QED) is 0.844. The van der Waals surface area contributed by atoms with Gasteiger partial charge in [-0.2, -0.15) is 0 Å². The topological polar surface area (TPSA) is 70.7 Å². The second-order valence-electron chi connectivity index (χ2n) is 5.92. The lowest BCUT2D eigenvalue weighted by Gasteiger charge is -2.30. The molecular formula is C16H19F2N3O3. The van der Waals surface area contributed by atoms with Gasteiger partial charge in [0.15, 0.2) is 0 Å². The first kappa shape index (κ1) is 16.8. The predicted molar refractivity (Wildman–Crippen MR) is 82.5 cm³/mol. The van der Waals surface area contributed by atoms with Gasteiger partial charge in [0.25, 0.3) is 0 Å². The van der Waals surface area contributed by atoms with Crippen molar-refractivity contribution in [2.45, 2.75) is 31.5 Å². The number of carbonyl (C=O) groups excluding carboxylic acids is 2. The van der Waals surface area contributed by atoms with E-state index in [1.165, 1.54) is 6.07 Å². The molecule has 2 aliphatic rings. The zero-order valence-corrected chi connectivity index (χ0v) is 13.2. The lowest BCUT2D eigenvalue weighted by atomic mass is 10.1. The number of benzene rings is 1. The van der Waals surface area contributed by atoms with E-state index >= 15 is 0 Å². The molecule has 6 nitrogen and oxygen atoms in total. The summed E-state index contributed by atoms with van der Waals surface area (Å²) in [6.07, 6.45) is -0.0179. The minimum atomic E-state index is -0.800. The van der Waals surface area contributed by atoms with Gasteiger partial charge in [-0.1, -0.05) is 6.07 Å². The van der Waals surface area contributed by atoms with E-state index in [2.05, 4.69) is 10.6 Å². The number of nitrogens with zero attached hydrogens (tertiary/aromatic N) is 1. The number of carbonyl (C=O) groups is 2. The van der Waals surface area contributed by atoms with Crippen molar-refractivity contribution < 1.29 is 23.1 Å². The average molecular weight is 339 g/mol. The maximum absolute atomic E-state index is 13.9. The molecule has 2 heterocycles. The van der Waals surface area contributed by atoms with Crippen LogP contribution in [-0.4, -0.2) is 49.7 Å². The van der Waals surface area contributed by atoms with Crippen molar-refractivity contribution >= 4 is 17.5 Å². The maximum Gasteiger partial charge on any atom is 0.249 e. The van der Waals surface area contributed by atoms with Gasteiger partial charge < -0.3 is 20.3 Å². The highest BCUT2D eigenvalue weighted by Gasteiger charge is 2.38. The van der Waals surface area contributed by atoms with E-state index < -0.39 is 29.6 Å². The van der Waals surface area contributed by atoms with Gasteiger partial charge in [0.2, 0.25) is 11.8 Å². The van der Waals surface area contributed by atoms with Crippen LogP contribution in [-0.2, 0) is 14.3 Å². The van der Waals surface area contributed by atoms with E-state index in [-0.39, 0.29) is 24.2 Å². The number of halogens is 2. The van der Waals surface area contributed by atoms with E-state index in [4.69, 9.17) is 4.74 Å². The van der Waals surface area contributed by atoms with E-state index in [9.17, 15) is 18.4 Å². The van der Waals surface area contributed by atoms with Gasteiger partial charge in [-0.05, 0) is 25.5 Å². The largest absolute Gasteiger partial charge is 0.375 e. The van der Waals surface area contributed by atoms with E-state index in [1.54, 1.807) is 6.92 Å². The highest BCUT2D eigenvalue weighted by molar-refractivity contribution is 6.02. The summed E-state index contributed by atoms with van der Waals surface area (Å²) in [7, 11) is 0. The van der Waals surface area contributed by atoms with Crippen LogP contribution in [0.2, 0.25) is 0 Å². The molecule has 0 radical (unpaired) electrons. The Bertz CT molecular complexity index is 635. The fourth-order valence-electron chi connectivity index (χ4n) is 3.07. The normalized spacial score (nSPS) is 27.4. The predicted octanol–water partition coefficient (Wildman–Crippen LogP) is 0.563. The Kier molecular flexibility index (Phi) is 4.77. The third-order valence-corrected chi connectivity index (χ3v) is 4.33. The fourth-order valence-corrected chi connectivity index (χ4v) is 3.07. The highest BCUT2D eigenvalue weighted by Crippen LogP contribution is 2.27. The zero-order chi connectivity index (χ0) is 17.3. The van der Waals surface area contributed by atoms with Gasteiger partial charge in [-0.25, -0.2) is 8.78 Å². The van der Waals surface area contributed by atoms with Crippen molar-refractivity contribution in [1.82, 2.24) is 10.6 Å². The number of para-hydroxylation sites is 1. The summed E-state index contributed by atoms with van der Waals surface area (Å²) in [4.78, 5) is 25.8. The molecule has 1 aromatic rings. The number of morpholine rings is 1. The Hall–Kier alpha value is -2.06. The number of ether oxygens (including phenoxy) is 1. The lowest BCUT2D eigenvalue weighted by Crippen LogP contribution is -2.57.